The van der Waals surface area contributed by atoms with Gasteiger partial charge in [0, 0.05) is 12.8 Å². The van der Waals surface area contributed by atoms with Gasteiger partial charge in [0.2, 0.25) is 0 Å². The predicted octanol–water partition coefficient (Wildman–Crippen LogP) is 0.153. The Hall–Kier alpha value is -1.87. The molecule has 9 heteroatoms. The van der Waals surface area contributed by atoms with Crippen LogP contribution < -0.4 is 5.73 Å². The second kappa shape index (κ2) is 14.5. The monoisotopic (exact) mass is 308 g/mol. The van der Waals surface area contributed by atoms with Crippen molar-refractivity contribution < 1.29 is 34.8 Å². The first kappa shape index (κ1) is 21.4. The summed E-state index contributed by atoms with van der Waals surface area (Å²) in [6, 6.07) is -0.838. The van der Waals surface area contributed by atoms with Gasteiger partial charge in [-0.05, 0) is 12.8 Å². The molecule has 0 atom stereocenters. The molecule has 0 saturated carbocycles. The summed E-state index contributed by atoms with van der Waals surface area (Å²) in [7, 11) is 0. The Kier molecular flexibility index (Phi) is 14.8. The van der Waals surface area contributed by atoms with Gasteiger partial charge in [0.25, 0.3) is 0 Å². The molecule has 0 aromatic rings. The molecule has 0 saturated heterocycles. The van der Waals surface area contributed by atoms with Gasteiger partial charge in [-0.2, -0.15) is 0 Å². The van der Waals surface area contributed by atoms with Gasteiger partial charge in [-0.25, -0.2) is 4.79 Å². The van der Waals surface area contributed by atoms with E-state index in [4.69, 9.17) is 20.4 Å². The first-order chi connectivity index (χ1) is 9.84. The Morgan fingerprint density at radius 3 is 1.29 bits per heavy atom. The Morgan fingerprint density at radius 1 is 0.762 bits per heavy atom. The van der Waals surface area contributed by atoms with Crippen LogP contribution in [-0.4, -0.2) is 56.8 Å². The molecule has 0 rings (SSSR count). The number of urea groups is 1. The van der Waals surface area contributed by atoms with Crippen molar-refractivity contribution in [2.24, 2.45) is 5.73 Å². The van der Waals surface area contributed by atoms with E-state index in [1.54, 1.807) is 0 Å². The van der Waals surface area contributed by atoms with Crippen LogP contribution in [0.15, 0.2) is 0 Å². The molecule has 0 spiro atoms. The molecule has 0 fully saturated rings. The maximum Gasteiger partial charge on any atom is 0.318 e. The van der Waals surface area contributed by atoms with Crippen molar-refractivity contribution >= 4 is 18.0 Å². The molecular weight excluding hydrogens is 284 g/mol. The summed E-state index contributed by atoms with van der Waals surface area (Å²) in [4.78, 5) is 30.9. The van der Waals surface area contributed by atoms with Crippen LogP contribution in [0, 0.1) is 0 Å². The summed E-state index contributed by atoms with van der Waals surface area (Å²) in [6.07, 6.45) is 4.53. The Bertz CT molecular complexity index is 288. The van der Waals surface area contributed by atoms with Crippen molar-refractivity contribution in [1.82, 2.24) is 4.90 Å². The summed E-state index contributed by atoms with van der Waals surface area (Å²) in [5, 5.41) is 32.9. The van der Waals surface area contributed by atoms with Gasteiger partial charge >= 0.3 is 18.0 Å². The lowest BCUT2D eigenvalue weighted by molar-refractivity contribution is -0.138. The molecular formula is C12H24N2O7. The smallest absolute Gasteiger partial charge is 0.318 e. The fraction of sp³-hybridized carbons (Fsp3) is 0.750. The highest BCUT2D eigenvalue weighted by Gasteiger charge is 2.02. The largest absolute Gasteiger partial charge is 0.481 e. The van der Waals surface area contributed by atoms with Gasteiger partial charge in [-0.3, -0.25) is 14.5 Å². The van der Waals surface area contributed by atoms with E-state index >= 15 is 0 Å². The average molecular weight is 308 g/mol. The molecule has 9 nitrogen and oxygen atoms in total. The number of aliphatic hydroxyl groups excluding tert-OH is 2. The van der Waals surface area contributed by atoms with Crippen molar-refractivity contribution in [1.29, 1.82) is 0 Å². The standard InChI is InChI=1S/C9H16O4.C3H8N2O3/c10-8(11)6-4-2-1-3-5-7-9(12)13;4-3(8)5(1-6)2-7/h1-7H2,(H,10,11)(H,12,13);6-7H,1-2H2,(H2,4,8). The second-order valence-corrected chi connectivity index (χ2v) is 4.22. The van der Waals surface area contributed by atoms with Gasteiger partial charge in [-0.1, -0.05) is 19.3 Å². The minimum atomic E-state index is -0.838. The topological polar surface area (TPSA) is 161 Å². The molecule has 124 valence electrons. The van der Waals surface area contributed by atoms with Crippen LogP contribution in [0.25, 0.3) is 0 Å². The predicted molar refractivity (Wildman–Crippen MR) is 73.2 cm³/mol. The van der Waals surface area contributed by atoms with Crippen LogP contribution in [-0.2, 0) is 9.59 Å². The minimum Gasteiger partial charge on any atom is -0.481 e. The normalized spacial score (nSPS) is 9.43. The zero-order valence-corrected chi connectivity index (χ0v) is 11.9. The molecule has 0 aliphatic carbocycles. The maximum absolute atomic E-state index is 10.1. The number of amides is 2. The lowest BCUT2D eigenvalue weighted by Crippen LogP contribution is -2.36. The van der Waals surface area contributed by atoms with E-state index in [2.05, 4.69) is 5.73 Å². The Morgan fingerprint density at radius 2 is 1.10 bits per heavy atom. The van der Waals surface area contributed by atoms with E-state index in [0.29, 0.717) is 17.7 Å². The SMILES string of the molecule is NC(=O)N(CO)CO.O=C(O)CCCCCCCC(=O)O. The molecule has 21 heavy (non-hydrogen) atoms. The van der Waals surface area contributed by atoms with Crippen molar-refractivity contribution in [2.45, 2.75) is 44.9 Å². The summed E-state index contributed by atoms with van der Waals surface area (Å²) in [5.74, 6) is -1.52. The number of carboxylic acid groups (broad SMARTS) is 2. The maximum atomic E-state index is 10.1. The van der Waals surface area contributed by atoms with E-state index in [9.17, 15) is 14.4 Å². The Labute approximate surface area is 123 Å². The first-order valence-corrected chi connectivity index (χ1v) is 6.54. The van der Waals surface area contributed by atoms with Gasteiger partial charge in [0.1, 0.15) is 13.5 Å². The number of hydrogen-bond donors (Lipinski definition) is 5. The summed E-state index contributed by atoms with van der Waals surface area (Å²) < 4.78 is 0. The molecule has 0 radical (unpaired) electrons. The van der Waals surface area contributed by atoms with E-state index in [1.165, 1.54) is 0 Å². The fourth-order valence-electron chi connectivity index (χ4n) is 1.27. The number of nitrogens with two attached hydrogens (primary N) is 1. The van der Waals surface area contributed by atoms with Crippen molar-refractivity contribution in [3.8, 4) is 0 Å². The number of aliphatic hydroxyl groups is 2. The molecule has 6 N–H and O–H groups in total. The quantitative estimate of drug-likeness (QED) is 0.283. The van der Waals surface area contributed by atoms with Gasteiger partial charge in [0.15, 0.2) is 0 Å². The van der Waals surface area contributed by atoms with E-state index < -0.39 is 31.4 Å². The molecule has 0 heterocycles. The highest BCUT2D eigenvalue weighted by Crippen LogP contribution is 2.06. The lowest BCUT2D eigenvalue weighted by atomic mass is 10.1. The molecule has 0 aromatic heterocycles. The zero-order valence-electron chi connectivity index (χ0n) is 11.9. The number of nitrogens with zero attached hydrogens (tertiary/aromatic N) is 1. The number of primary amides is 1. The zero-order chi connectivity index (χ0) is 16.7. The van der Waals surface area contributed by atoms with Crippen LogP contribution in [0.5, 0.6) is 0 Å². The second-order valence-electron chi connectivity index (χ2n) is 4.22. The van der Waals surface area contributed by atoms with Crippen molar-refractivity contribution in [3.63, 3.8) is 0 Å². The van der Waals surface area contributed by atoms with Crippen LogP contribution in [0.3, 0.4) is 0 Å². The Balaban J connectivity index is 0. The van der Waals surface area contributed by atoms with Crippen LogP contribution in [0.4, 0.5) is 4.79 Å². The first-order valence-electron chi connectivity index (χ1n) is 6.54. The number of rotatable bonds is 10. The van der Waals surface area contributed by atoms with Crippen molar-refractivity contribution in [2.75, 3.05) is 13.5 Å². The minimum absolute atomic E-state index is 0.221. The summed E-state index contributed by atoms with van der Waals surface area (Å²) in [6.45, 7) is -1.10. The third-order valence-corrected chi connectivity index (χ3v) is 2.43. The van der Waals surface area contributed by atoms with Crippen LogP contribution in [0.1, 0.15) is 44.9 Å². The highest BCUT2D eigenvalue weighted by molar-refractivity contribution is 5.71. The van der Waals surface area contributed by atoms with Gasteiger partial charge in [0.05, 0.1) is 0 Å². The van der Waals surface area contributed by atoms with Crippen LogP contribution >= 0.6 is 0 Å². The third-order valence-electron chi connectivity index (χ3n) is 2.43. The lowest BCUT2D eigenvalue weighted by Gasteiger charge is -2.11. The molecule has 0 unspecified atom stereocenters. The highest BCUT2D eigenvalue weighted by atomic mass is 16.4. The van der Waals surface area contributed by atoms with E-state index in [-0.39, 0.29) is 12.8 Å². The molecule has 0 aliphatic heterocycles. The van der Waals surface area contributed by atoms with E-state index in [1.807, 2.05) is 0 Å². The van der Waals surface area contributed by atoms with Crippen molar-refractivity contribution in [3.05, 3.63) is 0 Å². The average Bonchev–Trinajstić information content (AvgIpc) is 2.38. The van der Waals surface area contributed by atoms with Gasteiger partial charge < -0.3 is 26.2 Å². The molecule has 0 aliphatic rings. The number of carbonyl (C=O) groups excluding carboxylic acids is 1. The van der Waals surface area contributed by atoms with Gasteiger partial charge in [-0.15, -0.1) is 0 Å². The number of carboxylic acids is 2. The molecule has 2 amide bonds. The fourth-order valence-corrected chi connectivity index (χ4v) is 1.27. The molecule has 0 bridgehead atoms. The van der Waals surface area contributed by atoms with Crippen LogP contribution in [0.2, 0.25) is 0 Å². The van der Waals surface area contributed by atoms with E-state index in [0.717, 1.165) is 19.3 Å². The number of carbonyl (C=O) groups is 3. The third kappa shape index (κ3) is 18.1. The number of unbranched alkanes of at least 4 members (excludes halogenated alkanes) is 4. The molecule has 0 aromatic carbocycles. The summed E-state index contributed by atoms with van der Waals surface area (Å²) in [5.41, 5.74) is 4.62. The number of hydrogen-bond acceptors (Lipinski definition) is 5. The summed E-state index contributed by atoms with van der Waals surface area (Å²) >= 11 is 0. The number of aliphatic carboxylic acids is 2.